The molecule has 0 unspecified atom stereocenters. The number of carboxylic acid groups (broad SMARTS) is 2. The molecule has 0 aliphatic carbocycles. The number of hydrogen-bond acceptors (Lipinski definition) is 15. The molecule has 18 heteroatoms. The molecule has 0 saturated heterocycles. The fraction of sp³-hybridized carbons (Fsp3) is 0.231. The number of carbonyl (C=O) groups is 5. The largest absolute Gasteiger partial charge is 3.00 e. The van der Waals surface area contributed by atoms with E-state index in [1.165, 1.54) is 36.4 Å². The van der Waals surface area contributed by atoms with Crippen LogP contribution >= 0.6 is 0 Å². The summed E-state index contributed by atoms with van der Waals surface area (Å²) in [6.07, 6.45) is 0.689. The van der Waals surface area contributed by atoms with Gasteiger partial charge in [0.2, 0.25) is 0 Å². The molecule has 2 aliphatic rings. The number of nitrogens with zero attached hydrogens (tertiary/aromatic N) is 7. The van der Waals surface area contributed by atoms with E-state index in [0.717, 1.165) is 0 Å². The number of rotatable bonds is 10. The van der Waals surface area contributed by atoms with E-state index in [4.69, 9.17) is 40.1 Å². The number of Topliss-reactive ketones (excluding diaryl/α,β-unsaturated/α-hetero) is 1. The molecule has 5 aromatic rings. The quantitative estimate of drug-likeness (QED) is 0.134. The van der Waals surface area contributed by atoms with Crippen molar-refractivity contribution in [2.75, 3.05) is 6.54 Å². The summed E-state index contributed by atoms with van der Waals surface area (Å²) in [5.41, 5.74) is 9.34. The zero-order valence-electron chi connectivity index (χ0n) is 30.1. The third kappa shape index (κ3) is 10.2. The van der Waals surface area contributed by atoms with Crippen LogP contribution in [-0.4, -0.2) is 82.1 Å². The number of ketones is 1. The van der Waals surface area contributed by atoms with Gasteiger partial charge in [0.1, 0.15) is 11.5 Å². The minimum Gasteiger partial charge on any atom is -0.478 e. The van der Waals surface area contributed by atoms with Gasteiger partial charge in [0, 0.05) is 75.5 Å². The first kappa shape index (κ1) is 41.4. The van der Waals surface area contributed by atoms with Crippen LogP contribution in [0.4, 0.5) is 0 Å². The molecule has 0 spiro atoms. The van der Waals surface area contributed by atoms with Crippen LogP contribution in [0, 0.1) is 49.4 Å². The molecule has 5 aromatic heterocycles. The molecule has 0 saturated carbocycles. The van der Waals surface area contributed by atoms with Gasteiger partial charge in [0.25, 0.3) is 12.9 Å². The molecule has 0 atom stereocenters. The van der Waals surface area contributed by atoms with Crippen LogP contribution in [0.25, 0.3) is 22.8 Å². The summed E-state index contributed by atoms with van der Waals surface area (Å²) in [6.45, 7) is 1.32. The smallest absolute Gasteiger partial charge is 0.478 e. The number of fused-ring (bicyclic) bond motifs is 12. The average Bonchev–Trinajstić information content (AvgIpc) is 3.16. The van der Waals surface area contributed by atoms with E-state index >= 15 is 0 Å². The molecule has 0 aromatic carbocycles. The van der Waals surface area contributed by atoms with Gasteiger partial charge >= 0.3 is 61.3 Å². The van der Waals surface area contributed by atoms with Gasteiger partial charge in [-0.15, -0.1) is 0 Å². The molecule has 0 fully saturated rings. The Labute approximate surface area is 365 Å². The molecule has 7 heterocycles. The van der Waals surface area contributed by atoms with Gasteiger partial charge in [0.15, 0.2) is 5.78 Å². The standard InChI is InChI=1S/C39H34N8O9.Eu/c40-3-1-2-37(50)22-4-25-14-46-16-27-6-23(38(51)52)8-33(42-27)35-12-31(55-20-48)10-29(44-35)18-47(15-26(5-22)41-25)19-30-11-32(56-21-49)13-36(45-30)34-9-24(39(53)54)7-28(17-46)43-34;/h4-13,20-21H,1-3,14-19,40H2,(H,51,52)(H,53,54);/q;+3. The molecule has 2 aliphatic heterocycles. The van der Waals surface area contributed by atoms with Gasteiger partial charge in [-0.05, 0) is 49.4 Å². The number of pyridine rings is 5. The number of carboxylic acids is 2. The van der Waals surface area contributed by atoms with Crippen molar-refractivity contribution in [2.24, 2.45) is 5.73 Å². The first-order valence-electron chi connectivity index (χ1n) is 17.5. The number of aromatic nitrogens is 5. The Hall–Kier alpha value is -5.24. The summed E-state index contributed by atoms with van der Waals surface area (Å²) < 4.78 is 10.5. The van der Waals surface area contributed by atoms with Crippen molar-refractivity contribution in [3.63, 3.8) is 0 Å². The van der Waals surface area contributed by atoms with E-state index in [0.29, 0.717) is 52.7 Å². The van der Waals surface area contributed by atoms with Gasteiger partial charge in [0.05, 0.1) is 68.1 Å². The number of hydrogen-bond donors (Lipinski definition) is 3. The van der Waals surface area contributed by atoms with E-state index < -0.39 is 11.9 Å². The molecule has 4 N–H and O–H groups in total. The van der Waals surface area contributed by atoms with Gasteiger partial charge < -0.3 is 25.4 Å². The Kier molecular flexibility index (Phi) is 13.3. The minimum absolute atomic E-state index is 0. The zero-order valence-corrected chi connectivity index (χ0v) is 32.6. The number of aromatic carboxylic acids is 2. The molecule has 288 valence electrons. The fourth-order valence-corrected chi connectivity index (χ4v) is 6.73. The normalized spacial score (nSPS) is 15.6. The molecule has 7 rings (SSSR count). The van der Waals surface area contributed by atoms with Crippen LogP contribution in [0.1, 0.15) is 78.1 Å². The maximum Gasteiger partial charge on any atom is 3.00 e. The summed E-state index contributed by atoms with van der Waals surface area (Å²) in [6, 6.07) is 15.1. The van der Waals surface area contributed by atoms with Crippen molar-refractivity contribution in [3.05, 3.63) is 112 Å². The maximum atomic E-state index is 13.5. The van der Waals surface area contributed by atoms with Crippen LogP contribution in [0.3, 0.4) is 0 Å². The Bertz CT molecular complexity index is 2270. The molecule has 57 heavy (non-hydrogen) atoms. The Morgan fingerprint density at radius 1 is 0.561 bits per heavy atom. The second kappa shape index (κ2) is 18.4. The maximum absolute atomic E-state index is 13.5. The van der Waals surface area contributed by atoms with Crippen molar-refractivity contribution in [1.29, 1.82) is 0 Å². The van der Waals surface area contributed by atoms with Crippen LogP contribution in [0.5, 0.6) is 11.5 Å². The Morgan fingerprint density at radius 2 is 0.912 bits per heavy atom. The number of carbonyl (C=O) groups excluding carboxylic acids is 3. The second-order valence-electron chi connectivity index (χ2n) is 13.3. The molecule has 12 bridgehead atoms. The van der Waals surface area contributed by atoms with Gasteiger partial charge in [-0.2, -0.15) is 0 Å². The first-order valence-corrected chi connectivity index (χ1v) is 17.5. The summed E-state index contributed by atoms with van der Waals surface area (Å²) in [7, 11) is 0. The van der Waals surface area contributed by atoms with Crippen molar-refractivity contribution >= 4 is 30.7 Å². The van der Waals surface area contributed by atoms with E-state index in [9.17, 15) is 34.2 Å². The molecule has 0 amide bonds. The molecule has 17 nitrogen and oxygen atoms in total. The van der Waals surface area contributed by atoms with Crippen molar-refractivity contribution in [1.82, 2.24) is 34.7 Å². The predicted molar refractivity (Wildman–Crippen MR) is 195 cm³/mol. The van der Waals surface area contributed by atoms with Crippen LogP contribution in [-0.2, 0) is 48.9 Å². The monoisotopic (exact) mass is 911 g/mol. The van der Waals surface area contributed by atoms with Crippen molar-refractivity contribution < 1.29 is 93.0 Å². The third-order valence-corrected chi connectivity index (χ3v) is 9.02. The topological polar surface area (TPSA) is 241 Å². The van der Waals surface area contributed by atoms with E-state index in [-0.39, 0.29) is 159 Å². The zero-order chi connectivity index (χ0) is 39.3. The summed E-state index contributed by atoms with van der Waals surface area (Å²) in [5, 5.41) is 20.3. The second-order valence-corrected chi connectivity index (χ2v) is 13.3. The third-order valence-electron chi connectivity index (χ3n) is 9.02. The fourth-order valence-electron chi connectivity index (χ4n) is 6.73. The number of nitrogens with two attached hydrogens (primary N) is 1. The Morgan fingerprint density at radius 3 is 1.28 bits per heavy atom. The van der Waals surface area contributed by atoms with E-state index in [2.05, 4.69) is 0 Å². The SMILES string of the molecule is NCCCC(=O)c1cc2nc(c1)CN1Cc3cc(C(=O)O)cc(n3)-c3cc(OC=O)cc(n3)CN(C2)Cc2cc(OC=O)cc(n2)-c2cc(C(=O)O)cc(n2)C1.[Eu+3]. The first-order chi connectivity index (χ1) is 27.0. The van der Waals surface area contributed by atoms with Crippen molar-refractivity contribution in [2.45, 2.75) is 52.1 Å². The van der Waals surface area contributed by atoms with Crippen LogP contribution in [0.15, 0.2) is 60.7 Å². The molecule has 0 radical (unpaired) electrons. The predicted octanol–water partition coefficient (Wildman–Crippen LogP) is 3.42. The van der Waals surface area contributed by atoms with Crippen LogP contribution < -0.4 is 15.2 Å². The van der Waals surface area contributed by atoms with Gasteiger partial charge in [-0.3, -0.25) is 29.2 Å². The molecular formula is C39H34EuN8O9+3. The van der Waals surface area contributed by atoms with E-state index in [1.807, 2.05) is 9.80 Å². The summed E-state index contributed by atoms with van der Waals surface area (Å²) in [5.74, 6) is -2.29. The summed E-state index contributed by atoms with van der Waals surface area (Å²) >= 11 is 0. The summed E-state index contributed by atoms with van der Waals surface area (Å²) in [4.78, 5) is 89.5. The van der Waals surface area contributed by atoms with Gasteiger partial charge in [-0.25, -0.2) is 29.5 Å². The number of ether oxygens (including phenoxy) is 2. The van der Waals surface area contributed by atoms with E-state index in [1.54, 1.807) is 24.3 Å². The average molecular weight is 911 g/mol. The molecular weight excluding hydrogens is 876 g/mol. The van der Waals surface area contributed by atoms with Crippen LogP contribution in [0.2, 0.25) is 0 Å². The van der Waals surface area contributed by atoms with Gasteiger partial charge in [-0.1, -0.05) is 0 Å². The minimum atomic E-state index is -1.21. The van der Waals surface area contributed by atoms with Crippen molar-refractivity contribution in [3.8, 4) is 34.3 Å². The Balaban J connectivity index is 0.00000549.